The molecule has 1 aromatic carbocycles. The van der Waals surface area contributed by atoms with Gasteiger partial charge in [0.15, 0.2) is 0 Å². The SMILES string of the molecule is CC(CS(C)=O)n1c(N)nc2cc(F)c(Cl)cc21. The summed E-state index contributed by atoms with van der Waals surface area (Å²) in [4.78, 5) is 4.09. The number of anilines is 1. The van der Waals surface area contributed by atoms with E-state index in [1.54, 1.807) is 10.8 Å². The normalized spacial score (nSPS) is 14.9. The van der Waals surface area contributed by atoms with Crippen molar-refractivity contribution < 1.29 is 8.60 Å². The molecular formula is C11H13ClFN3OS. The highest BCUT2D eigenvalue weighted by atomic mass is 35.5. The number of hydrogen-bond donors (Lipinski definition) is 1. The van der Waals surface area contributed by atoms with Gasteiger partial charge in [-0.2, -0.15) is 0 Å². The van der Waals surface area contributed by atoms with Gasteiger partial charge in [-0.1, -0.05) is 11.6 Å². The molecule has 4 nitrogen and oxygen atoms in total. The fourth-order valence-electron chi connectivity index (χ4n) is 1.99. The molecule has 0 radical (unpaired) electrons. The molecule has 0 saturated carbocycles. The molecule has 2 aromatic rings. The molecule has 7 heteroatoms. The Morgan fingerprint density at radius 1 is 1.61 bits per heavy atom. The predicted molar refractivity (Wildman–Crippen MR) is 72.8 cm³/mol. The number of halogens is 2. The summed E-state index contributed by atoms with van der Waals surface area (Å²) >= 11 is 5.76. The van der Waals surface area contributed by atoms with Crippen molar-refractivity contribution >= 4 is 39.4 Å². The van der Waals surface area contributed by atoms with Crippen molar-refractivity contribution in [2.75, 3.05) is 17.7 Å². The van der Waals surface area contributed by atoms with Crippen LogP contribution >= 0.6 is 11.6 Å². The number of imidazole rings is 1. The Balaban J connectivity index is 2.59. The maximum atomic E-state index is 13.3. The van der Waals surface area contributed by atoms with Crippen LogP contribution < -0.4 is 5.73 Å². The molecular weight excluding hydrogens is 277 g/mol. The average molecular weight is 290 g/mol. The molecule has 0 saturated heterocycles. The molecule has 0 aliphatic heterocycles. The minimum atomic E-state index is -0.952. The van der Waals surface area contributed by atoms with Gasteiger partial charge in [-0.15, -0.1) is 0 Å². The first-order valence-corrected chi connectivity index (χ1v) is 7.43. The molecule has 0 spiro atoms. The topological polar surface area (TPSA) is 60.9 Å². The van der Waals surface area contributed by atoms with Crippen LogP contribution in [0.5, 0.6) is 0 Å². The smallest absolute Gasteiger partial charge is 0.201 e. The van der Waals surface area contributed by atoms with Crippen LogP contribution in [0.3, 0.4) is 0 Å². The molecule has 98 valence electrons. The van der Waals surface area contributed by atoms with Crippen molar-refractivity contribution in [1.82, 2.24) is 9.55 Å². The summed E-state index contributed by atoms with van der Waals surface area (Å²) in [5, 5.41) is 0.0217. The fourth-order valence-corrected chi connectivity index (χ4v) is 2.97. The van der Waals surface area contributed by atoms with E-state index < -0.39 is 16.6 Å². The Kier molecular flexibility index (Phi) is 3.59. The molecule has 0 fully saturated rings. The van der Waals surface area contributed by atoms with Gasteiger partial charge >= 0.3 is 0 Å². The van der Waals surface area contributed by atoms with E-state index >= 15 is 0 Å². The summed E-state index contributed by atoms with van der Waals surface area (Å²) in [5.74, 6) is 0.190. The fraction of sp³-hybridized carbons (Fsp3) is 0.364. The zero-order valence-corrected chi connectivity index (χ0v) is 11.6. The first kappa shape index (κ1) is 13.3. The van der Waals surface area contributed by atoms with Crippen LogP contribution in [0.25, 0.3) is 11.0 Å². The number of nitrogens with two attached hydrogens (primary N) is 1. The van der Waals surface area contributed by atoms with Crippen LogP contribution in [0.4, 0.5) is 10.3 Å². The van der Waals surface area contributed by atoms with E-state index in [9.17, 15) is 8.60 Å². The summed E-state index contributed by atoms with van der Waals surface area (Å²) in [6.45, 7) is 1.89. The van der Waals surface area contributed by atoms with Gasteiger partial charge in [0.1, 0.15) is 5.82 Å². The molecule has 0 aliphatic rings. The summed E-state index contributed by atoms with van der Waals surface area (Å²) in [7, 11) is -0.952. The van der Waals surface area contributed by atoms with Crippen molar-refractivity contribution in [2.24, 2.45) is 0 Å². The predicted octanol–water partition coefficient (Wildman–Crippen LogP) is 2.35. The Labute approximate surface area is 111 Å². The van der Waals surface area contributed by atoms with Crippen LogP contribution in [0.15, 0.2) is 12.1 Å². The summed E-state index contributed by atoms with van der Waals surface area (Å²) < 4.78 is 26.3. The monoisotopic (exact) mass is 289 g/mol. The van der Waals surface area contributed by atoms with Gasteiger partial charge in [0.2, 0.25) is 5.95 Å². The molecule has 0 amide bonds. The zero-order valence-electron chi connectivity index (χ0n) is 9.98. The lowest BCUT2D eigenvalue weighted by molar-refractivity contribution is 0.617. The lowest BCUT2D eigenvalue weighted by Crippen LogP contribution is -2.15. The van der Waals surface area contributed by atoms with Gasteiger partial charge in [0, 0.05) is 34.9 Å². The number of nitrogens with zero attached hydrogens (tertiary/aromatic N) is 2. The average Bonchev–Trinajstić information content (AvgIpc) is 2.53. The van der Waals surface area contributed by atoms with Crippen molar-refractivity contribution in [2.45, 2.75) is 13.0 Å². The van der Waals surface area contributed by atoms with Gasteiger partial charge in [0.05, 0.1) is 16.1 Å². The largest absolute Gasteiger partial charge is 0.369 e. The molecule has 2 atom stereocenters. The minimum absolute atomic E-state index is 0.0217. The highest BCUT2D eigenvalue weighted by Gasteiger charge is 2.16. The summed E-state index contributed by atoms with van der Waals surface area (Å²) in [6, 6.07) is 2.65. The van der Waals surface area contributed by atoms with Gasteiger partial charge < -0.3 is 10.3 Å². The number of aromatic nitrogens is 2. The molecule has 0 bridgehead atoms. The van der Waals surface area contributed by atoms with Crippen molar-refractivity contribution in [3.8, 4) is 0 Å². The molecule has 2 rings (SSSR count). The van der Waals surface area contributed by atoms with E-state index in [1.807, 2.05) is 6.92 Å². The first-order valence-electron chi connectivity index (χ1n) is 5.32. The number of rotatable bonds is 3. The van der Waals surface area contributed by atoms with Crippen LogP contribution in [0, 0.1) is 5.82 Å². The van der Waals surface area contributed by atoms with Crippen molar-refractivity contribution in [3.05, 3.63) is 23.0 Å². The number of hydrogen-bond acceptors (Lipinski definition) is 3. The van der Waals surface area contributed by atoms with Crippen molar-refractivity contribution in [1.29, 1.82) is 0 Å². The van der Waals surface area contributed by atoms with Crippen LogP contribution in [0.1, 0.15) is 13.0 Å². The third-order valence-corrected chi connectivity index (χ3v) is 3.92. The van der Waals surface area contributed by atoms with E-state index in [1.165, 1.54) is 12.1 Å². The minimum Gasteiger partial charge on any atom is -0.369 e. The lowest BCUT2D eigenvalue weighted by atomic mass is 10.3. The number of benzene rings is 1. The molecule has 2 N–H and O–H groups in total. The number of fused-ring (bicyclic) bond motifs is 1. The second-order valence-corrected chi connectivity index (χ2v) is 6.07. The molecule has 18 heavy (non-hydrogen) atoms. The van der Waals surface area contributed by atoms with Gasteiger partial charge in [-0.05, 0) is 13.0 Å². The second-order valence-electron chi connectivity index (χ2n) is 4.18. The van der Waals surface area contributed by atoms with E-state index in [-0.39, 0.29) is 17.0 Å². The number of nitrogen functional groups attached to an aromatic ring is 1. The van der Waals surface area contributed by atoms with Gasteiger partial charge in [-0.3, -0.25) is 4.21 Å². The lowest BCUT2D eigenvalue weighted by Gasteiger charge is -2.14. The quantitative estimate of drug-likeness (QED) is 0.943. The third kappa shape index (κ3) is 2.35. The van der Waals surface area contributed by atoms with Crippen LogP contribution in [0.2, 0.25) is 5.02 Å². The van der Waals surface area contributed by atoms with E-state index in [0.29, 0.717) is 16.8 Å². The van der Waals surface area contributed by atoms with Gasteiger partial charge in [-0.25, -0.2) is 9.37 Å². The van der Waals surface area contributed by atoms with Crippen LogP contribution in [-0.2, 0) is 10.8 Å². The van der Waals surface area contributed by atoms with Gasteiger partial charge in [0.25, 0.3) is 0 Å². The maximum absolute atomic E-state index is 13.3. The highest BCUT2D eigenvalue weighted by Crippen LogP contribution is 2.27. The Morgan fingerprint density at radius 3 is 2.89 bits per heavy atom. The molecule has 0 aliphatic carbocycles. The maximum Gasteiger partial charge on any atom is 0.201 e. The van der Waals surface area contributed by atoms with E-state index in [2.05, 4.69) is 4.98 Å². The molecule has 2 unspecified atom stereocenters. The molecule has 1 heterocycles. The standard InChI is InChI=1S/C11H13ClFN3OS/c1-6(5-18(2)17)16-10-3-7(12)8(13)4-9(10)15-11(16)14/h3-4,6H,5H2,1-2H3,(H2,14,15). The first-order chi connectivity index (χ1) is 8.40. The highest BCUT2D eigenvalue weighted by molar-refractivity contribution is 7.84. The van der Waals surface area contributed by atoms with E-state index in [0.717, 1.165) is 0 Å². The summed E-state index contributed by atoms with van der Waals surface area (Å²) in [5.41, 5.74) is 6.91. The molecule has 1 aromatic heterocycles. The zero-order chi connectivity index (χ0) is 13.4. The van der Waals surface area contributed by atoms with Crippen LogP contribution in [-0.4, -0.2) is 25.8 Å². The Hall–Kier alpha value is -1.14. The van der Waals surface area contributed by atoms with E-state index in [4.69, 9.17) is 17.3 Å². The Bertz CT molecular complexity index is 628. The summed E-state index contributed by atoms with van der Waals surface area (Å²) in [6.07, 6.45) is 1.62. The van der Waals surface area contributed by atoms with Crippen molar-refractivity contribution in [3.63, 3.8) is 0 Å². The second kappa shape index (κ2) is 4.85. The Morgan fingerprint density at radius 2 is 2.28 bits per heavy atom. The third-order valence-electron chi connectivity index (χ3n) is 2.68.